The molecule has 6 rings (SSSR count). The number of piperazine rings is 1. The molecule has 202 valence electrons. The molecule has 1 aliphatic carbocycles. The van der Waals surface area contributed by atoms with Crippen molar-refractivity contribution in [1.82, 2.24) is 9.80 Å². The number of carbonyl (C=O) groups is 2. The number of allylic oxidation sites excluding steroid dienone is 1. The Hall–Kier alpha value is -3.42. The third kappa shape index (κ3) is 5.38. The Morgan fingerprint density at radius 2 is 1.69 bits per heavy atom. The van der Waals surface area contributed by atoms with Crippen molar-refractivity contribution in [2.75, 3.05) is 42.9 Å². The highest BCUT2D eigenvalue weighted by Crippen LogP contribution is 2.48. The molecule has 1 aromatic heterocycles. The predicted octanol–water partition coefficient (Wildman–Crippen LogP) is 5.71. The van der Waals surface area contributed by atoms with Crippen LogP contribution in [0, 0.1) is 5.41 Å². The summed E-state index contributed by atoms with van der Waals surface area (Å²) in [5.74, 6) is 0.283. The number of fused-ring (bicyclic) bond motifs is 1. The molecular formula is C32H36N4O2S. The quantitative estimate of drug-likeness (QED) is 0.449. The first kappa shape index (κ1) is 25.8. The topological polar surface area (TPSA) is 55.9 Å². The Kier molecular flexibility index (Phi) is 7.04. The van der Waals surface area contributed by atoms with Gasteiger partial charge in [-0.1, -0.05) is 62.4 Å². The molecule has 7 heteroatoms. The van der Waals surface area contributed by atoms with Crippen LogP contribution in [0.25, 0.3) is 0 Å². The molecule has 2 aliphatic heterocycles. The van der Waals surface area contributed by atoms with Crippen LogP contribution in [0.15, 0.2) is 83.4 Å². The molecule has 0 radical (unpaired) electrons. The maximum Gasteiger partial charge on any atom is 0.242 e. The van der Waals surface area contributed by atoms with E-state index in [2.05, 4.69) is 76.8 Å². The average molecular weight is 541 g/mol. The second-order valence-electron chi connectivity index (χ2n) is 11.7. The number of rotatable bonds is 5. The molecule has 0 saturated carbocycles. The number of ketones is 1. The Labute approximate surface area is 234 Å². The summed E-state index contributed by atoms with van der Waals surface area (Å²) in [4.78, 5) is 35.3. The molecule has 0 bridgehead atoms. The molecule has 6 nitrogen and oxygen atoms in total. The number of hydrogen-bond donors (Lipinski definition) is 1. The van der Waals surface area contributed by atoms with Gasteiger partial charge in [0.05, 0.1) is 24.0 Å². The Morgan fingerprint density at radius 3 is 2.44 bits per heavy atom. The molecule has 3 aromatic rings. The van der Waals surface area contributed by atoms with Gasteiger partial charge < -0.3 is 15.1 Å². The van der Waals surface area contributed by atoms with Crippen molar-refractivity contribution in [1.29, 1.82) is 0 Å². The van der Waals surface area contributed by atoms with Crippen molar-refractivity contribution in [2.24, 2.45) is 5.41 Å². The zero-order chi connectivity index (χ0) is 27.0. The number of benzene rings is 2. The van der Waals surface area contributed by atoms with Crippen molar-refractivity contribution in [3.05, 3.63) is 93.8 Å². The van der Waals surface area contributed by atoms with E-state index in [4.69, 9.17) is 0 Å². The van der Waals surface area contributed by atoms with Gasteiger partial charge in [-0.3, -0.25) is 14.5 Å². The van der Waals surface area contributed by atoms with Gasteiger partial charge >= 0.3 is 0 Å². The summed E-state index contributed by atoms with van der Waals surface area (Å²) < 4.78 is 0. The molecule has 1 saturated heterocycles. The second-order valence-corrected chi connectivity index (χ2v) is 12.6. The lowest BCUT2D eigenvalue weighted by atomic mass is 9.74. The van der Waals surface area contributed by atoms with E-state index < -0.39 is 0 Å². The van der Waals surface area contributed by atoms with Crippen LogP contribution in [-0.2, 0) is 16.1 Å². The molecular weight excluding hydrogens is 504 g/mol. The average Bonchev–Trinajstić information content (AvgIpc) is 3.41. The van der Waals surface area contributed by atoms with Gasteiger partial charge in [0.2, 0.25) is 5.91 Å². The van der Waals surface area contributed by atoms with Gasteiger partial charge in [-0.25, -0.2) is 0 Å². The minimum Gasteiger partial charge on any atom is -0.357 e. The number of nitrogens with zero attached hydrogens (tertiary/aromatic N) is 3. The van der Waals surface area contributed by atoms with Gasteiger partial charge in [0.1, 0.15) is 0 Å². The highest BCUT2D eigenvalue weighted by atomic mass is 32.1. The molecule has 1 atom stereocenters. The second kappa shape index (κ2) is 10.6. The summed E-state index contributed by atoms with van der Waals surface area (Å²) in [5, 5.41) is 5.70. The third-order valence-corrected chi connectivity index (χ3v) is 9.02. The molecule has 1 fully saturated rings. The zero-order valence-electron chi connectivity index (χ0n) is 22.7. The Balaban J connectivity index is 1.28. The Bertz CT molecular complexity index is 1370. The third-order valence-electron chi connectivity index (χ3n) is 8.10. The SMILES string of the molecule is CC1(C)CC(=O)C2=C(C1)Nc1ccccc1N(CC(=O)N1CCN(Cc3ccccc3)CC1)C2c1cccs1. The highest BCUT2D eigenvalue weighted by Gasteiger charge is 2.42. The normalized spacial score (nSPS) is 21.2. The maximum absolute atomic E-state index is 13.9. The molecule has 2 aromatic carbocycles. The fraction of sp³-hybridized carbons (Fsp3) is 0.375. The van der Waals surface area contributed by atoms with Crippen molar-refractivity contribution in [2.45, 2.75) is 39.3 Å². The fourth-order valence-corrected chi connectivity index (χ4v) is 7.06. The van der Waals surface area contributed by atoms with Crippen LogP contribution < -0.4 is 10.2 Å². The van der Waals surface area contributed by atoms with E-state index in [1.807, 2.05) is 29.2 Å². The summed E-state index contributed by atoms with van der Waals surface area (Å²) >= 11 is 1.65. The van der Waals surface area contributed by atoms with E-state index in [1.54, 1.807) is 11.3 Å². The van der Waals surface area contributed by atoms with Crippen molar-refractivity contribution in [3.8, 4) is 0 Å². The molecule has 39 heavy (non-hydrogen) atoms. The molecule has 1 unspecified atom stereocenters. The van der Waals surface area contributed by atoms with Crippen molar-refractivity contribution < 1.29 is 9.59 Å². The highest BCUT2D eigenvalue weighted by molar-refractivity contribution is 7.10. The molecule has 3 aliphatic rings. The number of carbonyl (C=O) groups excluding carboxylic acids is 2. The number of Topliss-reactive ketones (excluding diaryl/α,β-unsaturated/α-hetero) is 1. The van der Waals surface area contributed by atoms with E-state index in [0.29, 0.717) is 19.5 Å². The van der Waals surface area contributed by atoms with E-state index in [9.17, 15) is 9.59 Å². The minimum atomic E-state index is -0.289. The maximum atomic E-state index is 13.9. The minimum absolute atomic E-state index is 0.109. The molecule has 1 N–H and O–H groups in total. The molecule has 3 heterocycles. The lowest BCUT2D eigenvalue weighted by Crippen LogP contribution is -2.51. The van der Waals surface area contributed by atoms with Crippen LogP contribution in [0.4, 0.5) is 11.4 Å². The van der Waals surface area contributed by atoms with Crippen LogP contribution in [-0.4, -0.2) is 54.2 Å². The first-order valence-electron chi connectivity index (χ1n) is 13.8. The van der Waals surface area contributed by atoms with E-state index in [1.165, 1.54) is 5.56 Å². The van der Waals surface area contributed by atoms with Gasteiger partial charge in [-0.2, -0.15) is 0 Å². The number of para-hydroxylation sites is 2. The standard InChI is InChI=1S/C32H36N4O2S/c1-32(2)19-25-30(27(37)20-32)31(28-13-8-18-39-28)36(26-12-7-6-11-24(26)33-25)22-29(38)35-16-14-34(15-17-35)21-23-9-4-3-5-10-23/h3-13,18,31,33H,14-17,19-22H2,1-2H3. The van der Waals surface area contributed by atoms with Crippen LogP contribution in [0.5, 0.6) is 0 Å². The van der Waals surface area contributed by atoms with E-state index in [-0.39, 0.29) is 29.7 Å². The Morgan fingerprint density at radius 1 is 0.949 bits per heavy atom. The number of hydrogen-bond acceptors (Lipinski definition) is 6. The van der Waals surface area contributed by atoms with Gasteiger partial charge in [0, 0.05) is 55.3 Å². The molecule has 1 amide bonds. The number of amides is 1. The lowest BCUT2D eigenvalue weighted by Gasteiger charge is -2.39. The summed E-state index contributed by atoms with van der Waals surface area (Å²) in [5.41, 5.74) is 4.92. The summed E-state index contributed by atoms with van der Waals surface area (Å²) in [6, 6.07) is 22.5. The van der Waals surface area contributed by atoms with Gasteiger partial charge in [0.15, 0.2) is 5.78 Å². The largest absolute Gasteiger partial charge is 0.357 e. The van der Waals surface area contributed by atoms with Crippen LogP contribution >= 0.6 is 11.3 Å². The van der Waals surface area contributed by atoms with E-state index in [0.717, 1.165) is 53.6 Å². The smallest absolute Gasteiger partial charge is 0.242 e. The summed E-state index contributed by atoms with van der Waals surface area (Å²) in [6.07, 6.45) is 1.31. The zero-order valence-corrected chi connectivity index (χ0v) is 23.5. The predicted molar refractivity (Wildman–Crippen MR) is 158 cm³/mol. The summed E-state index contributed by atoms with van der Waals surface area (Å²) in [6.45, 7) is 8.59. The van der Waals surface area contributed by atoms with Gasteiger partial charge in [-0.05, 0) is 41.0 Å². The number of thiophene rings is 1. The van der Waals surface area contributed by atoms with Crippen LogP contribution in [0.3, 0.4) is 0 Å². The number of nitrogens with one attached hydrogen (secondary N) is 1. The fourth-order valence-electron chi connectivity index (χ4n) is 6.21. The first-order valence-corrected chi connectivity index (χ1v) is 14.7. The first-order chi connectivity index (χ1) is 18.9. The van der Waals surface area contributed by atoms with E-state index >= 15 is 0 Å². The van der Waals surface area contributed by atoms with Crippen LogP contribution in [0.1, 0.15) is 43.2 Å². The monoisotopic (exact) mass is 540 g/mol. The van der Waals surface area contributed by atoms with Gasteiger partial charge in [-0.15, -0.1) is 11.3 Å². The van der Waals surface area contributed by atoms with Crippen molar-refractivity contribution in [3.63, 3.8) is 0 Å². The van der Waals surface area contributed by atoms with Gasteiger partial charge in [0.25, 0.3) is 0 Å². The summed E-state index contributed by atoms with van der Waals surface area (Å²) in [7, 11) is 0. The molecule has 0 spiro atoms. The number of anilines is 2. The van der Waals surface area contributed by atoms with Crippen LogP contribution in [0.2, 0.25) is 0 Å². The lowest BCUT2D eigenvalue weighted by molar-refractivity contribution is -0.131. The van der Waals surface area contributed by atoms with Crippen molar-refractivity contribution >= 4 is 34.4 Å².